The second-order valence-corrected chi connectivity index (χ2v) is 4.57. The van der Waals surface area contributed by atoms with Crippen LogP contribution in [-0.4, -0.2) is 18.0 Å². The van der Waals surface area contributed by atoms with Crippen LogP contribution in [0.15, 0.2) is 18.2 Å². The van der Waals surface area contributed by atoms with Gasteiger partial charge in [-0.3, -0.25) is 4.79 Å². The van der Waals surface area contributed by atoms with Crippen LogP contribution in [0.25, 0.3) is 0 Å². The van der Waals surface area contributed by atoms with Crippen molar-refractivity contribution in [2.24, 2.45) is 5.92 Å². The van der Waals surface area contributed by atoms with Crippen LogP contribution in [0, 0.1) is 5.92 Å². The summed E-state index contributed by atoms with van der Waals surface area (Å²) in [4.78, 5) is 10.6. The lowest BCUT2D eigenvalue weighted by Gasteiger charge is -2.15. The summed E-state index contributed by atoms with van der Waals surface area (Å²) in [5, 5.41) is 9.54. The Morgan fingerprint density at radius 3 is 2.72 bits per heavy atom. The molecule has 0 heterocycles. The lowest BCUT2D eigenvalue weighted by molar-refractivity contribution is 0.112. The van der Waals surface area contributed by atoms with Crippen LogP contribution in [0.4, 0.5) is 0 Å². The van der Waals surface area contributed by atoms with E-state index in [1.54, 1.807) is 12.1 Å². The molecule has 0 spiro atoms. The number of rotatable bonds is 8. The van der Waals surface area contributed by atoms with Crippen molar-refractivity contribution in [3.63, 3.8) is 0 Å². The van der Waals surface area contributed by atoms with Gasteiger partial charge in [-0.25, -0.2) is 0 Å². The minimum Gasteiger partial charge on any atom is -0.507 e. The molecule has 3 nitrogen and oxygen atoms in total. The summed E-state index contributed by atoms with van der Waals surface area (Å²) in [6.45, 7) is 5.01. The number of aldehydes is 1. The first-order valence-corrected chi connectivity index (χ1v) is 6.62. The first-order chi connectivity index (χ1) is 8.71. The zero-order chi connectivity index (χ0) is 13.4. The maximum atomic E-state index is 10.6. The Kier molecular flexibility index (Phi) is 6.26. The number of phenolic OH excluding ortho intramolecular Hbond substituents is 1. The number of phenols is 1. The number of hydrogen-bond acceptors (Lipinski definition) is 3. The minimum absolute atomic E-state index is 0.0240. The normalized spacial score (nSPS) is 12.1. The number of carbonyl (C=O) groups is 1. The number of unbranched alkanes of at least 4 members (excludes halogenated alkanes) is 1. The molecule has 0 radical (unpaired) electrons. The van der Waals surface area contributed by atoms with Gasteiger partial charge < -0.3 is 9.84 Å². The van der Waals surface area contributed by atoms with Crippen LogP contribution in [0.5, 0.6) is 11.5 Å². The molecule has 0 saturated carbocycles. The maximum absolute atomic E-state index is 10.6. The summed E-state index contributed by atoms with van der Waals surface area (Å²) in [5.41, 5.74) is 0.292. The summed E-state index contributed by atoms with van der Waals surface area (Å²) in [5.74, 6) is 1.15. The Labute approximate surface area is 109 Å². The van der Waals surface area contributed by atoms with Crippen LogP contribution in [-0.2, 0) is 0 Å². The SMILES string of the molecule is CCCCC(CC)COc1ccc(C=O)c(O)c1. The van der Waals surface area contributed by atoms with Gasteiger partial charge in [0.1, 0.15) is 11.5 Å². The number of benzene rings is 1. The monoisotopic (exact) mass is 250 g/mol. The Morgan fingerprint density at radius 2 is 2.17 bits per heavy atom. The van der Waals surface area contributed by atoms with Crippen LogP contribution < -0.4 is 4.74 Å². The summed E-state index contributed by atoms with van der Waals surface area (Å²) >= 11 is 0. The van der Waals surface area contributed by atoms with E-state index in [4.69, 9.17) is 4.74 Å². The number of ether oxygens (including phenoxy) is 1. The Bertz CT molecular complexity index is 374. The first-order valence-electron chi connectivity index (χ1n) is 6.62. The molecule has 1 N–H and O–H groups in total. The lowest BCUT2D eigenvalue weighted by Crippen LogP contribution is -2.11. The van der Waals surface area contributed by atoms with Gasteiger partial charge in [-0.15, -0.1) is 0 Å². The van der Waals surface area contributed by atoms with Crippen molar-refractivity contribution in [1.29, 1.82) is 0 Å². The molecule has 0 fully saturated rings. The van der Waals surface area contributed by atoms with E-state index in [2.05, 4.69) is 13.8 Å². The first kappa shape index (κ1) is 14.6. The maximum Gasteiger partial charge on any atom is 0.153 e. The fourth-order valence-electron chi connectivity index (χ4n) is 1.83. The highest BCUT2D eigenvalue weighted by molar-refractivity contribution is 5.79. The van der Waals surface area contributed by atoms with Crippen LogP contribution in [0.1, 0.15) is 49.9 Å². The van der Waals surface area contributed by atoms with Gasteiger partial charge in [0, 0.05) is 6.07 Å². The second kappa shape index (κ2) is 7.75. The molecule has 1 aromatic rings. The van der Waals surface area contributed by atoms with Gasteiger partial charge in [0.25, 0.3) is 0 Å². The Morgan fingerprint density at radius 1 is 1.39 bits per heavy atom. The Balaban J connectivity index is 2.51. The fourth-order valence-corrected chi connectivity index (χ4v) is 1.83. The van der Waals surface area contributed by atoms with Crippen molar-refractivity contribution < 1.29 is 14.6 Å². The molecule has 1 atom stereocenters. The highest BCUT2D eigenvalue weighted by Crippen LogP contribution is 2.23. The Hall–Kier alpha value is -1.51. The molecule has 0 aliphatic carbocycles. The third kappa shape index (κ3) is 4.40. The van der Waals surface area contributed by atoms with Crippen molar-refractivity contribution in [3.05, 3.63) is 23.8 Å². The zero-order valence-corrected chi connectivity index (χ0v) is 11.2. The van der Waals surface area contributed by atoms with Crippen molar-refractivity contribution in [1.82, 2.24) is 0 Å². The molecule has 0 aromatic heterocycles. The standard InChI is InChI=1S/C15H22O3/c1-3-5-6-12(4-2)11-18-14-8-7-13(10-16)15(17)9-14/h7-10,12,17H,3-6,11H2,1-2H3. The molecule has 0 aliphatic rings. The molecule has 0 amide bonds. The summed E-state index contributed by atoms with van der Waals surface area (Å²) < 4.78 is 5.66. The van der Waals surface area contributed by atoms with E-state index in [0.717, 1.165) is 6.42 Å². The highest BCUT2D eigenvalue weighted by atomic mass is 16.5. The molecule has 1 rings (SSSR count). The second-order valence-electron chi connectivity index (χ2n) is 4.57. The van der Waals surface area contributed by atoms with E-state index in [0.29, 0.717) is 30.1 Å². The minimum atomic E-state index is -0.0240. The van der Waals surface area contributed by atoms with Gasteiger partial charge in [0.2, 0.25) is 0 Å². The topological polar surface area (TPSA) is 46.5 Å². The average molecular weight is 250 g/mol. The molecule has 100 valence electrons. The van der Waals surface area contributed by atoms with E-state index in [9.17, 15) is 9.90 Å². The molecule has 3 heteroatoms. The van der Waals surface area contributed by atoms with Crippen molar-refractivity contribution >= 4 is 6.29 Å². The number of aromatic hydroxyl groups is 1. The molecule has 1 unspecified atom stereocenters. The van der Waals surface area contributed by atoms with Crippen LogP contribution in [0.2, 0.25) is 0 Å². The average Bonchev–Trinajstić information content (AvgIpc) is 2.39. The molecule has 0 aliphatic heterocycles. The van der Waals surface area contributed by atoms with E-state index < -0.39 is 0 Å². The van der Waals surface area contributed by atoms with Gasteiger partial charge in [-0.05, 0) is 24.5 Å². The van der Waals surface area contributed by atoms with E-state index in [-0.39, 0.29) is 5.75 Å². The van der Waals surface area contributed by atoms with E-state index >= 15 is 0 Å². The molecule has 0 saturated heterocycles. The number of hydrogen-bond donors (Lipinski definition) is 1. The molecule has 0 bridgehead atoms. The summed E-state index contributed by atoms with van der Waals surface area (Å²) in [6, 6.07) is 4.79. The third-order valence-electron chi connectivity index (χ3n) is 3.16. The van der Waals surface area contributed by atoms with Gasteiger partial charge >= 0.3 is 0 Å². The number of carbonyl (C=O) groups excluding carboxylic acids is 1. The highest BCUT2D eigenvalue weighted by Gasteiger charge is 2.08. The van der Waals surface area contributed by atoms with Gasteiger partial charge in [0.05, 0.1) is 12.2 Å². The molecular formula is C15H22O3. The van der Waals surface area contributed by atoms with Gasteiger partial charge in [-0.1, -0.05) is 33.1 Å². The summed E-state index contributed by atoms with van der Waals surface area (Å²) in [6.07, 6.45) is 5.32. The smallest absolute Gasteiger partial charge is 0.153 e. The third-order valence-corrected chi connectivity index (χ3v) is 3.16. The van der Waals surface area contributed by atoms with Gasteiger partial charge in [0.15, 0.2) is 6.29 Å². The molecule has 18 heavy (non-hydrogen) atoms. The van der Waals surface area contributed by atoms with Crippen molar-refractivity contribution in [2.45, 2.75) is 39.5 Å². The molecular weight excluding hydrogens is 228 g/mol. The predicted octanol–water partition coefficient (Wildman–Crippen LogP) is 3.80. The van der Waals surface area contributed by atoms with E-state index in [1.165, 1.54) is 25.3 Å². The summed E-state index contributed by atoms with van der Waals surface area (Å²) in [7, 11) is 0. The predicted molar refractivity (Wildman–Crippen MR) is 72.3 cm³/mol. The van der Waals surface area contributed by atoms with E-state index in [1.807, 2.05) is 0 Å². The largest absolute Gasteiger partial charge is 0.507 e. The zero-order valence-electron chi connectivity index (χ0n) is 11.2. The molecule has 1 aromatic carbocycles. The van der Waals surface area contributed by atoms with Crippen molar-refractivity contribution in [3.8, 4) is 11.5 Å². The van der Waals surface area contributed by atoms with Gasteiger partial charge in [-0.2, -0.15) is 0 Å². The quantitative estimate of drug-likeness (QED) is 0.714. The van der Waals surface area contributed by atoms with Crippen LogP contribution in [0.3, 0.4) is 0 Å². The fraction of sp³-hybridized carbons (Fsp3) is 0.533. The van der Waals surface area contributed by atoms with Crippen LogP contribution >= 0.6 is 0 Å². The lowest BCUT2D eigenvalue weighted by atomic mass is 10.0. The van der Waals surface area contributed by atoms with Crippen molar-refractivity contribution in [2.75, 3.05) is 6.61 Å².